The Morgan fingerprint density at radius 3 is 2.39 bits per heavy atom. The third kappa shape index (κ3) is 3.85. The first-order valence-electron chi connectivity index (χ1n) is 5.74. The van der Waals surface area contributed by atoms with Gasteiger partial charge in [-0.1, -0.05) is 18.2 Å². The Morgan fingerprint density at radius 2 is 1.89 bits per heavy atom. The highest BCUT2D eigenvalue weighted by atomic mass is 16.3. The number of rotatable bonds is 5. The zero-order chi connectivity index (χ0) is 13.5. The van der Waals surface area contributed by atoms with E-state index in [1.165, 1.54) is 4.90 Å². The van der Waals surface area contributed by atoms with Crippen LogP contribution in [0.5, 0.6) is 0 Å². The van der Waals surface area contributed by atoms with Crippen molar-refractivity contribution in [3.05, 3.63) is 35.9 Å². The van der Waals surface area contributed by atoms with E-state index in [0.29, 0.717) is 5.56 Å². The molecule has 18 heavy (non-hydrogen) atoms. The van der Waals surface area contributed by atoms with E-state index in [4.69, 9.17) is 5.11 Å². The third-order valence-electron chi connectivity index (χ3n) is 2.50. The summed E-state index contributed by atoms with van der Waals surface area (Å²) in [7, 11) is 3.22. The zero-order valence-electron chi connectivity index (χ0n) is 10.6. The predicted octanol–water partition coefficient (Wildman–Crippen LogP) is 0.256. The Hall–Kier alpha value is -1.88. The van der Waals surface area contributed by atoms with Gasteiger partial charge in [-0.15, -0.1) is 0 Å². The SMILES string of the molecule is CN(C)C(=O)C(CCO)NC(=O)c1ccccc1. The topological polar surface area (TPSA) is 69.6 Å². The molecular weight excluding hydrogens is 232 g/mol. The van der Waals surface area contributed by atoms with Crippen molar-refractivity contribution in [2.75, 3.05) is 20.7 Å². The number of amides is 2. The standard InChI is InChI=1S/C13H18N2O3/c1-15(2)13(18)11(8-9-16)14-12(17)10-6-4-3-5-7-10/h3-7,11,16H,8-9H2,1-2H3,(H,14,17). The lowest BCUT2D eigenvalue weighted by atomic mass is 10.1. The van der Waals surface area contributed by atoms with Gasteiger partial charge in [-0.05, 0) is 18.6 Å². The molecule has 1 unspecified atom stereocenters. The van der Waals surface area contributed by atoms with Crippen LogP contribution in [-0.4, -0.2) is 48.6 Å². The van der Waals surface area contributed by atoms with E-state index in [1.807, 2.05) is 6.07 Å². The minimum atomic E-state index is -0.697. The van der Waals surface area contributed by atoms with Crippen LogP contribution in [0.25, 0.3) is 0 Å². The summed E-state index contributed by atoms with van der Waals surface area (Å²) in [6, 6.07) is 7.97. The van der Waals surface area contributed by atoms with Gasteiger partial charge in [0.15, 0.2) is 0 Å². The molecule has 5 heteroatoms. The van der Waals surface area contributed by atoms with Crippen LogP contribution in [0.15, 0.2) is 30.3 Å². The fourth-order valence-corrected chi connectivity index (χ4v) is 1.53. The summed E-state index contributed by atoms with van der Waals surface area (Å²) in [6.45, 7) is -0.153. The van der Waals surface area contributed by atoms with Crippen LogP contribution in [-0.2, 0) is 4.79 Å². The lowest BCUT2D eigenvalue weighted by molar-refractivity contribution is -0.131. The minimum Gasteiger partial charge on any atom is -0.396 e. The van der Waals surface area contributed by atoms with Gasteiger partial charge in [0.2, 0.25) is 5.91 Å². The zero-order valence-corrected chi connectivity index (χ0v) is 10.6. The maximum Gasteiger partial charge on any atom is 0.251 e. The summed E-state index contributed by atoms with van der Waals surface area (Å²) in [5.41, 5.74) is 0.493. The molecule has 1 aromatic rings. The number of benzene rings is 1. The highest BCUT2D eigenvalue weighted by molar-refractivity contribution is 5.97. The fourth-order valence-electron chi connectivity index (χ4n) is 1.53. The number of hydrogen-bond donors (Lipinski definition) is 2. The van der Waals surface area contributed by atoms with Crippen LogP contribution in [0.3, 0.4) is 0 Å². The normalized spacial score (nSPS) is 11.7. The van der Waals surface area contributed by atoms with E-state index in [1.54, 1.807) is 38.4 Å². The van der Waals surface area contributed by atoms with Gasteiger partial charge in [-0.3, -0.25) is 9.59 Å². The van der Waals surface area contributed by atoms with Crippen molar-refractivity contribution >= 4 is 11.8 Å². The van der Waals surface area contributed by atoms with Crippen LogP contribution in [0, 0.1) is 0 Å². The van der Waals surface area contributed by atoms with Gasteiger partial charge in [0, 0.05) is 26.3 Å². The molecule has 2 N–H and O–H groups in total. The molecule has 0 aliphatic heterocycles. The van der Waals surface area contributed by atoms with Crippen molar-refractivity contribution in [2.24, 2.45) is 0 Å². The summed E-state index contributed by atoms with van der Waals surface area (Å²) < 4.78 is 0. The first kappa shape index (κ1) is 14.2. The molecule has 0 aromatic heterocycles. The second-order valence-electron chi connectivity index (χ2n) is 4.14. The summed E-state index contributed by atoms with van der Waals surface area (Å²) >= 11 is 0. The van der Waals surface area contributed by atoms with Crippen molar-refractivity contribution < 1.29 is 14.7 Å². The van der Waals surface area contributed by atoms with Crippen molar-refractivity contribution in [2.45, 2.75) is 12.5 Å². The molecule has 1 rings (SSSR count). The Bertz CT molecular complexity index is 404. The van der Waals surface area contributed by atoms with Gasteiger partial charge >= 0.3 is 0 Å². The molecule has 0 aliphatic rings. The van der Waals surface area contributed by atoms with E-state index in [0.717, 1.165) is 0 Å². The second-order valence-corrected chi connectivity index (χ2v) is 4.14. The van der Waals surface area contributed by atoms with Crippen LogP contribution in [0.1, 0.15) is 16.8 Å². The Balaban J connectivity index is 2.72. The van der Waals surface area contributed by atoms with Crippen molar-refractivity contribution in [3.63, 3.8) is 0 Å². The molecule has 0 spiro atoms. The van der Waals surface area contributed by atoms with Gasteiger partial charge in [0.05, 0.1) is 0 Å². The van der Waals surface area contributed by atoms with E-state index < -0.39 is 6.04 Å². The van der Waals surface area contributed by atoms with Gasteiger partial charge < -0.3 is 15.3 Å². The lowest BCUT2D eigenvalue weighted by Gasteiger charge is -2.21. The average Bonchev–Trinajstić information content (AvgIpc) is 2.38. The number of nitrogens with one attached hydrogen (secondary N) is 1. The monoisotopic (exact) mass is 250 g/mol. The molecule has 0 fully saturated rings. The molecule has 0 heterocycles. The molecular formula is C13H18N2O3. The number of hydrogen-bond acceptors (Lipinski definition) is 3. The van der Waals surface area contributed by atoms with Gasteiger partial charge in [-0.25, -0.2) is 0 Å². The van der Waals surface area contributed by atoms with E-state index in [-0.39, 0.29) is 24.8 Å². The number of nitrogens with zero attached hydrogens (tertiary/aromatic N) is 1. The van der Waals surface area contributed by atoms with Crippen LogP contribution in [0.2, 0.25) is 0 Å². The molecule has 0 saturated carbocycles. The molecule has 0 radical (unpaired) electrons. The summed E-state index contributed by atoms with van der Waals surface area (Å²) in [6.07, 6.45) is 0.204. The minimum absolute atomic E-state index is 0.153. The molecule has 1 aromatic carbocycles. The number of aliphatic hydroxyl groups is 1. The molecule has 0 bridgehead atoms. The smallest absolute Gasteiger partial charge is 0.251 e. The average molecular weight is 250 g/mol. The van der Waals surface area contributed by atoms with Gasteiger partial charge in [0.1, 0.15) is 6.04 Å². The molecule has 0 saturated heterocycles. The Kier molecular flexibility index (Phi) is 5.32. The molecule has 0 aliphatic carbocycles. The second kappa shape index (κ2) is 6.76. The van der Waals surface area contributed by atoms with Crippen LogP contribution < -0.4 is 5.32 Å². The molecule has 1 atom stereocenters. The van der Waals surface area contributed by atoms with E-state index in [9.17, 15) is 9.59 Å². The number of carbonyl (C=O) groups is 2. The molecule has 2 amide bonds. The lowest BCUT2D eigenvalue weighted by Crippen LogP contribution is -2.46. The van der Waals surface area contributed by atoms with Crippen LogP contribution in [0.4, 0.5) is 0 Å². The summed E-state index contributed by atoms with van der Waals surface area (Å²) in [5, 5.41) is 11.6. The largest absolute Gasteiger partial charge is 0.396 e. The Morgan fingerprint density at radius 1 is 1.28 bits per heavy atom. The molecule has 98 valence electrons. The highest BCUT2D eigenvalue weighted by Crippen LogP contribution is 2.02. The Labute approximate surface area is 106 Å². The summed E-state index contributed by atoms with van der Waals surface area (Å²) in [5.74, 6) is -0.544. The van der Waals surface area contributed by atoms with Crippen molar-refractivity contribution in [1.29, 1.82) is 0 Å². The molecule has 5 nitrogen and oxygen atoms in total. The number of aliphatic hydroxyl groups excluding tert-OH is 1. The van der Waals surface area contributed by atoms with Crippen molar-refractivity contribution in [1.82, 2.24) is 10.2 Å². The van der Waals surface area contributed by atoms with Gasteiger partial charge in [-0.2, -0.15) is 0 Å². The van der Waals surface area contributed by atoms with E-state index in [2.05, 4.69) is 5.32 Å². The number of carbonyl (C=O) groups excluding carboxylic acids is 2. The van der Waals surface area contributed by atoms with Crippen LogP contribution >= 0.6 is 0 Å². The van der Waals surface area contributed by atoms with E-state index >= 15 is 0 Å². The first-order valence-corrected chi connectivity index (χ1v) is 5.74. The fraction of sp³-hybridized carbons (Fsp3) is 0.385. The number of likely N-dealkylation sites (N-methyl/N-ethyl adjacent to an activating group) is 1. The summed E-state index contributed by atoms with van der Waals surface area (Å²) in [4.78, 5) is 25.1. The quantitative estimate of drug-likeness (QED) is 0.787. The van der Waals surface area contributed by atoms with Crippen molar-refractivity contribution in [3.8, 4) is 0 Å². The third-order valence-corrected chi connectivity index (χ3v) is 2.50. The highest BCUT2D eigenvalue weighted by Gasteiger charge is 2.22. The predicted molar refractivity (Wildman–Crippen MR) is 68.1 cm³/mol. The van der Waals surface area contributed by atoms with Gasteiger partial charge in [0.25, 0.3) is 5.91 Å². The first-order chi connectivity index (χ1) is 8.56. The maximum absolute atomic E-state index is 11.9. The maximum atomic E-state index is 11.9.